The van der Waals surface area contributed by atoms with E-state index in [0.717, 1.165) is 19.3 Å². The van der Waals surface area contributed by atoms with Crippen LogP contribution in [0.4, 0.5) is 5.82 Å². The number of aromatic nitrogens is 4. The second kappa shape index (κ2) is 19.4. The van der Waals surface area contributed by atoms with Crippen LogP contribution in [0.15, 0.2) is 12.7 Å². The highest BCUT2D eigenvalue weighted by Crippen LogP contribution is 2.41. The van der Waals surface area contributed by atoms with Crippen molar-refractivity contribution in [2.45, 2.75) is 116 Å². The summed E-state index contributed by atoms with van der Waals surface area (Å²) in [6.07, 6.45) is 17.2. The van der Waals surface area contributed by atoms with Crippen LogP contribution in [-0.2, 0) is 25.1 Å². The van der Waals surface area contributed by atoms with Gasteiger partial charge in [0, 0.05) is 13.0 Å². The average molecular weight is 610 g/mol. The average Bonchev–Trinajstić information content (AvgIpc) is 3.32. The van der Waals surface area contributed by atoms with Gasteiger partial charge in [0.25, 0.3) is 0 Å². The molecule has 0 saturated carbocycles. The number of hydrogen-bond acceptors (Lipinski definition) is 8. The van der Waals surface area contributed by atoms with Crippen LogP contribution in [0.1, 0.15) is 84.0 Å². The third kappa shape index (κ3) is 16.4. The SMILES string of the molecule is C[C@H](Cn1cnc2c(N)ncnc21)OCP(=O)(O)OCCOCCCCCCCCCCCCCC#C[Si](C)(C)C. The van der Waals surface area contributed by atoms with Crippen LogP contribution in [-0.4, -0.2) is 64.8 Å². The van der Waals surface area contributed by atoms with Crippen molar-refractivity contribution in [3.63, 3.8) is 0 Å². The maximum absolute atomic E-state index is 12.3. The molecule has 2 heterocycles. The minimum absolute atomic E-state index is 0.0553. The molecule has 0 aliphatic rings. The van der Waals surface area contributed by atoms with Crippen LogP contribution < -0.4 is 5.73 Å². The molecule has 1 unspecified atom stereocenters. The summed E-state index contributed by atoms with van der Waals surface area (Å²) in [6.45, 7) is 10.1. The van der Waals surface area contributed by atoms with Crippen LogP contribution in [0, 0.1) is 11.5 Å². The minimum atomic E-state index is -3.87. The number of anilines is 1. The Kier molecular flexibility index (Phi) is 16.7. The summed E-state index contributed by atoms with van der Waals surface area (Å²) in [6, 6.07) is 0. The fourth-order valence-electron chi connectivity index (χ4n) is 4.30. The fraction of sp³-hybridized carbons (Fsp3) is 0.759. The first-order valence-electron chi connectivity index (χ1n) is 15.1. The summed E-state index contributed by atoms with van der Waals surface area (Å²) >= 11 is 0. The lowest BCUT2D eigenvalue weighted by atomic mass is 10.1. The summed E-state index contributed by atoms with van der Waals surface area (Å²) < 4.78 is 30.3. The fourth-order valence-corrected chi connectivity index (χ4v) is 5.83. The molecule has 2 aromatic heterocycles. The van der Waals surface area contributed by atoms with Gasteiger partial charge in [0.2, 0.25) is 0 Å². The molecule has 12 heteroatoms. The highest BCUT2D eigenvalue weighted by atomic mass is 31.2. The Labute approximate surface area is 247 Å². The highest BCUT2D eigenvalue weighted by Gasteiger charge is 2.21. The molecule has 232 valence electrons. The number of imidazole rings is 1. The van der Waals surface area contributed by atoms with Gasteiger partial charge in [0.15, 0.2) is 11.5 Å². The van der Waals surface area contributed by atoms with E-state index in [-0.39, 0.29) is 19.3 Å². The van der Waals surface area contributed by atoms with Crippen molar-refractivity contribution in [1.29, 1.82) is 0 Å². The molecule has 0 saturated heterocycles. The number of fused-ring (bicyclic) bond motifs is 1. The molecule has 0 aliphatic carbocycles. The van der Waals surface area contributed by atoms with Crippen LogP contribution >= 0.6 is 7.60 Å². The van der Waals surface area contributed by atoms with E-state index in [9.17, 15) is 9.46 Å². The molecule has 0 fully saturated rings. The van der Waals surface area contributed by atoms with E-state index in [1.807, 2.05) is 0 Å². The van der Waals surface area contributed by atoms with Gasteiger partial charge in [-0.1, -0.05) is 77.4 Å². The van der Waals surface area contributed by atoms with Gasteiger partial charge in [0.05, 0.1) is 32.2 Å². The Morgan fingerprint density at radius 1 is 0.951 bits per heavy atom. The van der Waals surface area contributed by atoms with Gasteiger partial charge in [-0.2, -0.15) is 0 Å². The molecule has 10 nitrogen and oxygen atoms in total. The molecule has 0 aliphatic heterocycles. The summed E-state index contributed by atoms with van der Waals surface area (Å²) in [7, 11) is -5.06. The molecule has 0 spiro atoms. The molecule has 2 atom stereocenters. The smallest absolute Gasteiger partial charge is 0.353 e. The first-order valence-corrected chi connectivity index (χ1v) is 20.4. The zero-order valence-corrected chi connectivity index (χ0v) is 27.5. The lowest BCUT2D eigenvalue weighted by molar-refractivity contribution is 0.0610. The number of nitrogens with zero attached hydrogens (tertiary/aromatic N) is 4. The third-order valence-corrected chi connectivity index (χ3v) is 8.47. The molecular weight excluding hydrogens is 557 g/mol. The lowest BCUT2D eigenvalue weighted by Crippen LogP contribution is -2.18. The van der Waals surface area contributed by atoms with Gasteiger partial charge in [-0.15, -0.1) is 11.5 Å². The van der Waals surface area contributed by atoms with Crippen molar-refractivity contribution >= 4 is 32.7 Å². The Morgan fingerprint density at radius 3 is 2.24 bits per heavy atom. The van der Waals surface area contributed by atoms with E-state index in [1.54, 1.807) is 17.8 Å². The normalized spacial score (nSPS) is 14.1. The van der Waals surface area contributed by atoms with Gasteiger partial charge < -0.3 is 29.2 Å². The maximum atomic E-state index is 12.3. The van der Waals surface area contributed by atoms with Crippen LogP contribution in [0.25, 0.3) is 11.2 Å². The quantitative estimate of drug-likeness (QED) is 0.0659. The van der Waals surface area contributed by atoms with E-state index in [2.05, 4.69) is 46.1 Å². The molecule has 0 aromatic carbocycles. The topological polar surface area (TPSA) is 135 Å². The zero-order valence-electron chi connectivity index (χ0n) is 25.6. The van der Waals surface area contributed by atoms with Crippen LogP contribution in [0.5, 0.6) is 0 Å². The molecule has 2 rings (SSSR count). The Bertz CT molecular complexity index is 1110. The van der Waals surface area contributed by atoms with Crippen LogP contribution in [0.2, 0.25) is 19.6 Å². The Hall–Kier alpha value is -1.80. The standard InChI is InChI=1S/C29H52N5O5PSi/c1-26(22-34-24-33-27-28(30)31-23-32-29(27)34)38-25-40(35,36)39-20-19-37-18-16-14-12-10-8-6-5-7-9-11-13-15-17-21-41(2,3)4/h23-24,26H,5-16,18-20,22,25H2,1-4H3,(H,35,36)(H2,30,31,32)/t26-/m1/s1. The van der Waals surface area contributed by atoms with Gasteiger partial charge in [-0.05, 0) is 19.8 Å². The van der Waals surface area contributed by atoms with Crippen molar-refractivity contribution < 1.29 is 23.5 Å². The predicted molar refractivity (Wildman–Crippen MR) is 168 cm³/mol. The lowest BCUT2D eigenvalue weighted by Gasteiger charge is -2.17. The van der Waals surface area contributed by atoms with Crippen molar-refractivity contribution in [3.05, 3.63) is 12.7 Å². The number of hydrogen-bond donors (Lipinski definition) is 2. The highest BCUT2D eigenvalue weighted by molar-refractivity contribution is 7.52. The van der Waals surface area contributed by atoms with Crippen molar-refractivity contribution in [2.75, 3.05) is 31.9 Å². The molecule has 0 amide bonds. The second-order valence-corrected chi connectivity index (χ2v) is 18.2. The minimum Gasteiger partial charge on any atom is -0.382 e. The first-order chi connectivity index (χ1) is 19.6. The number of nitrogen functional groups attached to an aromatic ring is 1. The van der Waals surface area contributed by atoms with E-state index in [0.29, 0.717) is 30.1 Å². The number of unbranched alkanes of at least 4 members (excludes halogenated alkanes) is 11. The summed E-state index contributed by atoms with van der Waals surface area (Å²) in [5, 5.41) is 0. The van der Waals surface area contributed by atoms with Crippen LogP contribution in [0.3, 0.4) is 0 Å². The van der Waals surface area contributed by atoms with E-state index < -0.39 is 22.0 Å². The predicted octanol–water partition coefficient (Wildman–Crippen LogP) is 6.55. The van der Waals surface area contributed by atoms with Crippen molar-refractivity contribution in [3.8, 4) is 11.5 Å². The largest absolute Gasteiger partial charge is 0.382 e. The number of nitrogens with two attached hydrogens (primary N) is 1. The summed E-state index contributed by atoms with van der Waals surface area (Å²) in [4.78, 5) is 22.4. The second-order valence-electron chi connectivity index (χ2n) is 11.7. The van der Waals surface area contributed by atoms with Gasteiger partial charge in [-0.3, -0.25) is 4.57 Å². The third-order valence-electron chi connectivity index (χ3n) is 6.48. The molecule has 3 N–H and O–H groups in total. The molecule has 2 aromatic rings. The monoisotopic (exact) mass is 609 g/mol. The molecule has 0 radical (unpaired) electrons. The molecule has 0 bridgehead atoms. The maximum Gasteiger partial charge on any atom is 0.353 e. The number of ether oxygens (including phenoxy) is 2. The van der Waals surface area contributed by atoms with Gasteiger partial charge in [-0.25, -0.2) is 15.0 Å². The van der Waals surface area contributed by atoms with Gasteiger partial charge >= 0.3 is 7.60 Å². The van der Waals surface area contributed by atoms with Crippen molar-refractivity contribution in [2.24, 2.45) is 0 Å². The van der Waals surface area contributed by atoms with E-state index in [4.69, 9.17) is 19.7 Å². The molecular formula is C29H52N5O5PSi. The zero-order chi connectivity index (χ0) is 30.0. The van der Waals surface area contributed by atoms with E-state index in [1.165, 1.54) is 64.1 Å². The Balaban J connectivity index is 1.37. The van der Waals surface area contributed by atoms with Gasteiger partial charge in [0.1, 0.15) is 26.3 Å². The van der Waals surface area contributed by atoms with E-state index >= 15 is 0 Å². The first kappa shape index (κ1) is 35.4. The van der Waals surface area contributed by atoms with Crippen molar-refractivity contribution in [1.82, 2.24) is 19.5 Å². The molecule has 41 heavy (non-hydrogen) atoms. The summed E-state index contributed by atoms with van der Waals surface area (Å²) in [5.74, 6) is 3.67. The summed E-state index contributed by atoms with van der Waals surface area (Å²) in [5.41, 5.74) is 10.4. The Morgan fingerprint density at radius 2 is 1.59 bits per heavy atom. The number of rotatable bonds is 22.